The summed E-state index contributed by atoms with van der Waals surface area (Å²) in [6.07, 6.45) is 0.950. The second-order valence-corrected chi connectivity index (χ2v) is 8.77. The summed E-state index contributed by atoms with van der Waals surface area (Å²) < 4.78 is 14.9. The van der Waals surface area contributed by atoms with Crippen molar-refractivity contribution in [2.45, 2.75) is 38.8 Å². The summed E-state index contributed by atoms with van der Waals surface area (Å²) in [7, 11) is 0. The maximum Gasteiger partial charge on any atom is 0.318 e. The molecule has 31 heavy (non-hydrogen) atoms. The molecule has 2 aliphatic rings. The second kappa shape index (κ2) is 8.53. The third-order valence-corrected chi connectivity index (χ3v) is 6.11. The minimum Gasteiger partial charge on any atom is -0.326 e. The molecule has 0 spiro atoms. The van der Waals surface area contributed by atoms with Crippen LogP contribution in [-0.4, -0.2) is 40.5 Å². The van der Waals surface area contributed by atoms with Crippen LogP contribution in [0.1, 0.15) is 31.9 Å². The predicted molar refractivity (Wildman–Crippen MR) is 115 cm³/mol. The van der Waals surface area contributed by atoms with E-state index in [-0.39, 0.29) is 41.1 Å². The number of carbonyl (C=O) groups excluding carboxylic acids is 2. The molecule has 3 unspecified atom stereocenters. The molecule has 1 fully saturated rings. The molecule has 3 atom stereocenters. The highest BCUT2D eigenvalue weighted by Crippen LogP contribution is 2.34. The fraction of sp³-hybridized carbons (Fsp3) is 0.435. The maximum atomic E-state index is 13.1. The van der Waals surface area contributed by atoms with Gasteiger partial charge in [-0.25, -0.2) is 9.18 Å². The Bertz CT molecular complexity index is 1030. The van der Waals surface area contributed by atoms with Crippen LogP contribution < -0.4 is 16.2 Å². The van der Waals surface area contributed by atoms with Crippen molar-refractivity contribution >= 4 is 17.6 Å². The Labute approximate surface area is 180 Å². The number of carbonyl (C=O) groups is 2. The SMILES string of the molecule is CC(C)C(NC(=O)N1CC2CC(C1)c1cccc(=O)n1C2)C(=O)Nc1ccc(F)cc1. The van der Waals surface area contributed by atoms with E-state index in [2.05, 4.69) is 10.6 Å². The van der Waals surface area contributed by atoms with Crippen molar-refractivity contribution in [2.24, 2.45) is 11.8 Å². The number of hydrogen-bond donors (Lipinski definition) is 2. The summed E-state index contributed by atoms with van der Waals surface area (Å²) in [6, 6.07) is 9.79. The topological polar surface area (TPSA) is 83.4 Å². The standard InChI is InChI=1S/C23H27FN4O3/c1-14(2)21(22(30)25-18-8-6-17(24)7-9-18)26-23(31)27-11-15-10-16(13-27)19-4-3-5-20(29)28(19)12-15/h3-9,14-16,21H,10-13H2,1-2H3,(H,25,30)(H,26,31). The van der Waals surface area contributed by atoms with E-state index in [0.717, 1.165) is 12.1 Å². The van der Waals surface area contributed by atoms with Crippen molar-refractivity contribution < 1.29 is 14.0 Å². The molecule has 0 aliphatic carbocycles. The number of fused-ring (bicyclic) bond motifs is 4. The number of amides is 3. The molecule has 0 saturated carbocycles. The third kappa shape index (κ3) is 4.47. The second-order valence-electron chi connectivity index (χ2n) is 8.77. The Morgan fingerprint density at radius 1 is 1.06 bits per heavy atom. The molecule has 1 saturated heterocycles. The zero-order valence-corrected chi connectivity index (χ0v) is 17.7. The summed E-state index contributed by atoms with van der Waals surface area (Å²) in [6.45, 7) is 5.39. The number of piperidine rings is 1. The van der Waals surface area contributed by atoms with Crippen LogP contribution >= 0.6 is 0 Å². The van der Waals surface area contributed by atoms with Crippen LogP contribution in [0.25, 0.3) is 0 Å². The number of pyridine rings is 1. The molecule has 4 rings (SSSR count). The first kappa shape index (κ1) is 21.1. The lowest BCUT2D eigenvalue weighted by Crippen LogP contribution is -2.56. The minimum atomic E-state index is -0.728. The van der Waals surface area contributed by atoms with Crippen molar-refractivity contribution in [3.63, 3.8) is 0 Å². The van der Waals surface area contributed by atoms with Gasteiger partial charge in [0.05, 0.1) is 0 Å². The molecule has 7 nitrogen and oxygen atoms in total. The number of aromatic nitrogens is 1. The molecule has 3 amide bonds. The van der Waals surface area contributed by atoms with E-state index in [0.29, 0.717) is 25.3 Å². The normalized spacial score (nSPS) is 20.7. The number of nitrogens with one attached hydrogen (secondary N) is 2. The Morgan fingerprint density at radius 3 is 2.52 bits per heavy atom. The molecular formula is C23H27FN4O3. The van der Waals surface area contributed by atoms with Gasteiger partial charge in [0.2, 0.25) is 5.91 Å². The fourth-order valence-electron chi connectivity index (χ4n) is 4.57. The van der Waals surface area contributed by atoms with Gasteiger partial charge in [0, 0.05) is 43.0 Å². The molecule has 164 valence electrons. The number of likely N-dealkylation sites (tertiary alicyclic amines) is 1. The Kier molecular flexibility index (Phi) is 5.80. The molecule has 3 heterocycles. The predicted octanol–water partition coefficient (Wildman–Crippen LogP) is 2.78. The van der Waals surface area contributed by atoms with Crippen molar-refractivity contribution in [2.75, 3.05) is 18.4 Å². The average molecular weight is 426 g/mol. The van der Waals surface area contributed by atoms with Gasteiger partial charge in [-0.3, -0.25) is 9.59 Å². The zero-order valence-electron chi connectivity index (χ0n) is 17.7. The van der Waals surface area contributed by atoms with Crippen LogP contribution in [0.5, 0.6) is 0 Å². The van der Waals surface area contributed by atoms with Gasteiger partial charge in [0.25, 0.3) is 5.56 Å². The first-order valence-electron chi connectivity index (χ1n) is 10.6. The van der Waals surface area contributed by atoms with Crippen LogP contribution in [0.15, 0.2) is 47.3 Å². The van der Waals surface area contributed by atoms with E-state index < -0.39 is 6.04 Å². The van der Waals surface area contributed by atoms with Gasteiger partial charge in [0.1, 0.15) is 11.9 Å². The van der Waals surface area contributed by atoms with Crippen LogP contribution in [0.2, 0.25) is 0 Å². The lowest BCUT2D eigenvalue weighted by Gasteiger charge is -2.43. The lowest BCUT2D eigenvalue weighted by atomic mass is 9.83. The lowest BCUT2D eigenvalue weighted by molar-refractivity contribution is -0.118. The van der Waals surface area contributed by atoms with Crippen LogP contribution in [-0.2, 0) is 11.3 Å². The van der Waals surface area contributed by atoms with Gasteiger partial charge in [-0.15, -0.1) is 0 Å². The molecule has 2 aliphatic heterocycles. The molecule has 8 heteroatoms. The first-order valence-corrected chi connectivity index (χ1v) is 10.6. The van der Waals surface area contributed by atoms with E-state index in [4.69, 9.17) is 0 Å². The number of urea groups is 1. The summed E-state index contributed by atoms with van der Waals surface area (Å²) in [5.74, 6) is -0.538. The molecule has 1 aromatic heterocycles. The van der Waals surface area contributed by atoms with E-state index >= 15 is 0 Å². The largest absolute Gasteiger partial charge is 0.326 e. The van der Waals surface area contributed by atoms with Gasteiger partial charge in [0.15, 0.2) is 0 Å². The Hall–Kier alpha value is -3.16. The average Bonchev–Trinajstić information content (AvgIpc) is 2.74. The van der Waals surface area contributed by atoms with Crippen LogP contribution in [0.4, 0.5) is 14.9 Å². The number of anilines is 1. The Balaban J connectivity index is 1.44. The zero-order chi connectivity index (χ0) is 22.1. The fourth-order valence-corrected chi connectivity index (χ4v) is 4.57. The molecular weight excluding hydrogens is 399 g/mol. The molecule has 2 bridgehead atoms. The summed E-state index contributed by atoms with van der Waals surface area (Å²) >= 11 is 0. The van der Waals surface area contributed by atoms with Crippen molar-refractivity contribution in [3.05, 3.63) is 64.3 Å². The van der Waals surface area contributed by atoms with Gasteiger partial charge in [-0.2, -0.15) is 0 Å². The summed E-state index contributed by atoms with van der Waals surface area (Å²) in [5.41, 5.74) is 1.44. The highest BCUT2D eigenvalue weighted by Gasteiger charge is 2.37. The highest BCUT2D eigenvalue weighted by atomic mass is 19.1. The van der Waals surface area contributed by atoms with Gasteiger partial charge in [-0.1, -0.05) is 19.9 Å². The number of hydrogen-bond acceptors (Lipinski definition) is 3. The molecule has 0 radical (unpaired) electrons. The monoisotopic (exact) mass is 426 g/mol. The third-order valence-electron chi connectivity index (χ3n) is 6.11. The smallest absolute Gasteiger partial charge is 0.318 e. The molecule has 1 aromatic carbocycles. The van der Waals surface area contributed by atoms with E-state index in [1.807, 2.05) is 24.5 Å². The van der Waals surface area contributed by atoms with Crippen molar-refractivity contribution in [3.8, 4) is 0 Å². The van der Waals surface area contributed by atoms with E-state index in [1.54, 1.807) is 17.0 Å². The number of nitrogens with zero attached hydrogens (tertiary/aromatic N) is 2. The minimum absolute atomic E-state index is 0.00226. The number of halogens is 1. The van der Waals surface area contributed by atoms with Crippen LogP contribution in [0.3, 0.4) is 0 Å². The summed E-state index contributed by atoms with van der Waals surface area (Å²) in [4.78, 5) is 39.7. The maximum absolute atomic E-state index is 13.1. The van der Waals surface area contributed by atoms with Gasteiger partial charge in [-0.05, 0) is 48.6 Å². The van der Waals surface area contributed by atoms with Gasteiger partial charge < -0.3 is 20.1 Å². The Morgan fingerprint density at radius 2 is 1.81 bits per heavy atom. The molecule has 2 N–H and O–H groups in total. The highest BCUT2D eigenvalue weighted by molar-refractivity contribution is 5.97. The quantitative estimate of drug-likeness (QED) is 0.789. The first-order chi connectivity index (χ1) is 14.8. The number of rotatable bonds is 4. The van der Waals surface area contributed by atoms with E-state index in [9.17, 15) is 18.8 Å². The molecule has 2 aromatic rings. The van der Waals surface area contributed by atoms with Crippen molar-refractivity contribution in [1.29, 1.82) is 0 Å². The van der Waals surface area contributed by atoms with Crippen molar-refractivity contribution in [1.82, 2.24) is 14.8 Å². The van der Waals surface area contributed by atoms with E-state index in [1.165, 1.54) is 24.3 Å². The van der Waals surface area contributed by atoms with Crippen LogP contribution in [0, 0.1) is 17.7 Å². The summed E-state index contributed by atoms with van der Waals surface area (Å²) in [5, 5.41) is 5.62. The number of benzene rings is 1. The van der Waals surface area contributed by atoms with Gasteiger partial charge >= 0.3 is 6.03 Å².